The molecule has 2 heterocycles. The van der Waals surface area contributed by atoms with Gasteiger partial charge in [0.1, 0.15) is 35.3 Å². The number of hydrogen-bond donors (Lipinski definition) is 2. The lowest BCUT2D eigenvalue weighted by Gasteiger charge is -2.32. The van der Waals surface area contributed by atoms with Crippen LogP contribution in [-0.4, -0.2) is 39.4 Å². The number of nitrogens with zero attached hydrogens (tertiary/aromatic N) is 3. The van der Waals surface area contributed by atoms with Gasteiger partial charge < -0.3 is 20.4 Å². The Kier molecular flexibility index (Phi) is 5.60. The van der Waals surface area contributed by atoms with Crippen LogP contribution < -0.4 is 11.1 Å². The molecule has 1 unspecified atom stereocenters. The normalized spacial score (nSPS) is 15.9. The summed E-state index contributed by atoms with van der Waals surface area (Å²) in [5.41, 5.74) is 7.82. The first-order valence-electron chi connectivity index (χ1n) is 10.1. The maximum atomic E-state index is 13.7. The third-order valence-corrected chi connectivity index (χ3v) is 5.42. The number of hydrogen-bond acceptors (Lipinski definition) is 5. The van der Waals surface area contributed by atoms with Crippen LogP contribution in [0.4, 0.5) is 20.3 Å². The molecule has 1 atom stereocenters. The third-order valence-electron chi connectivity index (χ3n) is 5.42. The van der Waals surface area contributed by atoms with E-state index in [2.05, 4.69) is 14.8 Å². The highest BCUT2D eigenvalue weighted by Crippen LogP contribution is 2.33. The summed E-state index contributed by atoms with van der Waals surface area (Å²) in [5.74, 6) is 0.987. The molecule has 0 aliphatic carbocycles. The van der Waals surface area contributed by atoms with E-state index in [9.17, 15) is 13.6 Å². The largest absolute Gasteiger partial charge is 0.340 e. The van der Waals surface area contributed by atoms with Gasteiger partial charge in [0.25, 0.3) is 0 Å². The molecule has 31 heavy (non-hydrogen) atoms. The zero-order valence-corrected chi connectivity index (χ0v) is 17.5. The molecule has 8 heteroatoms. The van der Waals surface area contributed by atoms with E-state index in [1.54, 1.807) is 38.1 Å². The van der Waals surface area contributed by atoms with Crippen LogP contribution in [0.1, 0.15) is 18.3 Å². The van der Waals surface area contributed by atoms with Crippen LogP contribution in [0.15, 0.2) is 42.5 Å². The van der Waals surface area contributed by atoms with E-state index in [0.29, 0.717) is 37.4 Å². The van der Waals surface area contributed by atoms with Crippen molar-refractivity contribution in [3.63, 3.8) is 0 Å². The fourth-order valence-electron chi connectivity index (χ4n) is 3.83. The molecule has 1 aromatic heterocycles. The number of nitrogens with two attached hydrogens (primary N) is 1. The maximum absolute atomic E-state index is 13.7. The number of imidazole rings is 1. The molecule has 0 spiro atoms. The van der Waals surface area contributed by atoms with Gasteiger partial charge in [-0.15, -0.1) is 0 Å². The van der Waals surface area contributed by atoms with E-state index in [0.717, 1.165) is 29.2 Å². The first-order chi connectivity index (χ1) is 14.8. The number of rotatable bonds is 6. The van der Waals surface area contributed by atoms with Gasteiger partial charge >= 0.3 is 0 Å². The van der Waals surface area contributed by atoms with Crippen molar-refractivity contribution in [1.29, 1.82) is 0 Å². The van der Waals surface area contributed by atoms with Crippen molar-refractivity contribution >= 4 is 17.8 Å². The van der Waals surface area contributed by atoms with Crippen LogP contribution >= 0.6 is 0 Å². The van der Waals surface area contributed by atoms with Crippen LogP contribution in [0.3, 0.4) is 0 Å². The van der Waals surface area contributed by atoms with E-state index in [-0.39, 0.29) is 11.6 Å². The van der Waals surface area contributed by atoms with Crippen molar-refractivity contribution in [3.8, 4) is 11.3 Å². The second-order valence-corrected chi connectivity index (χ2v) is 8.31. The minimum absolute atomic E-state index is 0.268. The Hall–Kier alpha value is -3.10. The number of fused-ring (bicyclic) bond motifs is 1. The molecule has 0 saturated carbocycles. The lowest BCUT2D eigenvalue weighted by atomic mass is 10.1. The SMILES string of the molecule is Cc1cc(Nc2c(-c3ccc(F)cc3)nc3n2CCN(CC(C)(N)C=O)C3)ccc1F. The fraction of sp³-hybridized carbons (Fsp3) is 0.304. The Morgan fingerprint density at radius 1 is 1.19 bits per heavy atom. The Morgan fingerprint density at radius 2 is 1.94 bits per heavy atom. The lowest BCUT2D eigenvalue weighted by molar-refractivity contribution is -0.112. The van der Waals surface area contributed by atoms with Crippen molar-refractivity contribution < 1.29 is 13.6 Å². The maximum Gasteiger partial charge on any atom is 0.140 e. The standard InChI is InChI=1S/C23H25F2N5O/c1-15-11-18(7-8-19(15)25)27-22-21(16-3-5-17(24)6-4-16)28-20-12-29(9-10-30(20)22)13-23(2,26)14-31/h3-8,11,14,27H,9-10,12-13,26H2,1-2H3. The van der Waals surface area contributed by atoms with E-state index in [1.165, 1.54) is 18.2 Å². The van der Waals surface area contributed by atoms with Gasteiger partial charge in [0.05, 0.1) is 12.1 Å². The minimum Gasteiger partial charge on any atom is -0.340 e. The number of carbonyl (C=O) groups is 1. The van der Waals surface area contributed by atoms with Gasteiger partial charge in [-0.1, -0.05) is 0 Å². The summed E-state index contributed by atoms with van der Waals surface area (Å²) in [4.78, 5) is 18.2. The number of aryl methyl sites for hydroxylation is 1. The third kappa shape index (κ3) is 4.50. The van der Waals surface area contributed by atoms with Crippen molar-refractivity contribution in [2.45, 2.75) is 32.5 Å². The molecule has 3 N–H and O–H groups in total. The molecule has 4 rings (SSSR count). The van der Waals surface area contributed by atoms with Gasteiger partial charge in [0, 0.05) is 30.9 Å². The quantitative estimate of drug-likeness (QED) is 0.590. The molecule has 6 nitrogen and oxygen atoms in total. The lowest BCUT2D eigenvalue weighted by Crippen LogP contribution is -2.50. The van der Waals surface area contributed by atoms with E-state index in [1.807, 2.05) is 0 Å². The first kappa shape index (κ1) is 21.1. The van der Waals surface area contributed by atoms with E-state index >= 15 is 0 Å². The Morgan fingerprint density at radius 3 is 2.61 bits per heavy atom. The summed E-state index contributed by atoms with van der Waals surface area (Å²) in [6.07, 6.45) is 0.766. The van der Waals surface area contributed by atoms with Gasteiger partial charge in [0.15, 0.2) is 0 Å². The van der Waals surface area contributed by atoms with E-state index < -0.39 is 5.54 Å². The molecular formula is C23H25F2N5O. The zero-order chi connectivity index (χ0) is 22.2. The molecule has 1 aliphatic heterocycles. The summed E-state index contributed by atoms with van der Waals surface area (Å²) in [6, 6.07) is 11.0. The number of halogens is 2. The second-order valence-electron chi connectivity index (χ2n) is 8.31. The fourth-order valence-corrected chi connectivity index (χ4v) is 3.83. The number of anilines is 2. The Balaban J connectivity index is 1.72. The highest BCUT2D eigenvalue weighted by molar-refractivity contribution is 5.76. The average Bonchev–Trinajstić information content (AvgIpc) is 3.08. The second kappa shape index (κ2) is 8.20. The summed E-state index contributed by atoms with van der Waals surface area (Å²) in [7, 11) is 0. The van der Waals surface area contributed by atoms with Crippen molar-refractivity contribution in [2.75, 3.05) is 18.4 Å². The Labute approximate surface area is 179 Å². The summed E-state index contributed by atoms with van der Waals surface area (Å²) in [6.45, 7) is 5.70. The molecular weight excluding hydrogens is 400 g/mol. The van der Waals surface area contributed by atoms with Crippen LogP contribution in [0.5, 0.6) is 0 Å². The molecule has 1 aliphatic rings. The van der Waals surface area contributed by atoms with E-state index in [4.69, 9.17) is 10.7 Å². The molecule has 0 saturated heterocycles. The van der Waals surface area contributed by atoms with Crippen LogP contribution in [0, 0.1) is 18.6 Å². The summed E-state index contributed by atoms with van der Waals surface area (Å²) in [5, 5.41) is 3.38. The topological polar surface area (TPSA) is 76.2 Å². The van der Waals surface area contributed by atoms with Gasteiger partial charge in [-0.05, 0) is 61.9 Å². The molecule has 0 amide bonds. The Bertz CT molecular complexity index is 1110. The number of aldehydes is 1. The summed E-state index contributed by atoms with van der Waals surface area (Å²) < 4.78 is 29.3. The van der Waals surface area contributed by atoms with Crippen molar-refractivity contribution in [2.24, 2.45) is 5.73 Å². The van der Waals surface area contributed by atoms with Gasteiger partial charge in [-0.25, -0.2) is 13.8 Å². The highest BCUT2D eigenvalue weighted by Gasteiger charge is 2.28. The molecule has 0 bridgehead atoms. The predicted octanol–water partition coefficient (Wildman–Crippen LogP) is 3.61. The van der Waals surface area contributed by atoms with Crippen molar-refractivity contribution in [1.82, 2.24) is 14.5 Å². The molecule has 162 valence electrons. The predicted molar refractivity (Wildman–Crippen MR) is 116 cm³/mol. The smallest absolute Gasteiger partial charge is 0.140 e. The number of benzene rings is 2. The number of aromatic nitrogens is 2. The zero-order valence-electron chi connectivity index (χ0n) is 17.5. The van der Waals surface area contributed by atoms with Crippen LogP contribution in [0.2, 0.25) is 0 Å². The van der Waals surface area contributed by atoms with Gasteiger partial charge in [-0.3, -0.25) is 4.90 Å². The number of carbonyl (C=O) groups excluding carboxylic acids is 1. The highest BCUT2D eigenvalue weighted by atomic mass is 19.1. The van der Waals surface area contributed by atoms with Crippen LogP contribution in [0.25, 0.3) is 11.3 Å². The van der Waals surface area contributed by atoms with Crippen molar-refractivity contribution in [3.05, 3.63) is 65.5 Å². The molecule has 3 aromatic rings. The average molecular weight is 425 g/mol. The molecule has 0 radical (unpaired) electrons. The van der Waals surface area contributed by atoms with Crippen LogP contribution in [-0.2, 0) is 17.9 Å². The van der Waals surface area contributed by atoms with Gasteiger partial charge in [0.2, 0.25) is 0 Å². The minimum atomic E-state index is -0.929. The number of nitrogens with one attached hydrogen (secondary N) is 1. The van der Waals surface area contributed by atoms with Gasteiger partial charge in [-0.2, -0.15) is 0 Å². The molecule has 0 fully saturated rings. The summed E-state index contributed by atoms with van der Waals surface area (Å²) >= 11 is 0. The first-order valence-corrected chi connectivity index (χ1v) is 10.1. The molecule has 2 aromatic carbocycles. The monoisotopic (exact) mass is 425 g/mol.